The zero-order chi connectivity index (χ0) is 18.2. The van der Waals surface area contributed by atoms with Gasteiger partial charge in [-0.15, -0.1) is 0 Å². The highest BCUT2D eigenvalue weighted by molar-refractivity contribution is 5.48. The zero-order valence-electron chi connectivity index (χ0n) is 15.7. The predicted octanol–water partition coefficient (Wildman–Crippen LogP) is 2.63. The van der Waals surface area contributed by atoms with E-state index in [0.717, 1.165) is 62.9 Å². The summed E-state index contributed by atoms with van der Waals surface area (Å²) in [6.07, 6.45) is 3.64. The summed E-state index contributed by atoms with van der Waals surface area (Å²) in [5, 5.41) is 4.52. The van der Waals surface area contributed by atoms with Crippen LogP contribution in [0.2, 0.25) is 0 Å². The molecular weight excluding hydrogens is 338 g/mol. The minimum absolute atomic E-state index is 0.311. The van der Waals surface area contributed by atoms with Gasteiger partial charge >= 0.3 is 0 Å². The Labute approximate surface area is 159 Å². The quantitative estimate of drug-likeness (QED) is 0.713. The molecule has 140 valence electrons. The lowest BCUT2D eigenvalue weighted by Crippen LogP contribution is -2.43. The molecule has 0 atom stereocenters. The zero-order valence-corrected chi connectivity index (χ0v) is 15.7. The van der Waals surface area contributed by atoms with Gasteiger partial charge < -0.3 is 9.32 Å². The molecule has 3 heterocycles. The van der Waals surface area contributed by atoms with Gasteiger partial charge in [-0.3, -0.25) is 4.90 Å². The number of nitrogens with zero attached hydrogens (tertiary/aromatic N) is 5. The number of likely N-dealkylation sites (N-methyl/N-ethyl adjacent to an activating group) is 1. The first-order valence-corrected chi connectivity index (χ1v) is 9.72. The van der Waals surface area contributed by atoms with Gasteiger partial charge in [0.15, 0.2) is 11.6 Å². The Hall–Kier alpha value is -2.44. The van der Waals surface area contributed by atoms with Crippen molar-refractivity contribution in [2.45, 2.75) is 25.4 Å². The summed E-state index contributed by atoms with van der Waals surface area (Å²) in [7, 11) is 2.18. The molecule has 0 bridgehead atoms. The molecule has 1 aromatic carbocycles. The van der Waals surface area contributed by atoms with Crippen LogP contribution in [0.5, 0.6) is 0 Å². The number of aromatic nitrogens is 3. The molecule has 6 nitrogen and oxygen atoms in total. The van der Waals surface area contributed by atoms with Crippen LogP contribution in [0.15, 0.2) is 47.1 Å². The lowest BCUT2D eigenvalue weighted by Gasteiger charge is -2.31. The van der Waals surface area contributed by atoms with Crippen molar-refractivity contribution in [2.75, 3.05) is 33.2 Å². The highest BCUT2D eigenvalue weighted by atomic mass is 16.3. The first-order chi connectivity index (χ1) is 13.3. The Morgan fingerprint density at radius 2 is 1.74 bits per heavy atom. The molecule has 5 rings (SSSR count). The van der Waals surface area contributed by atoms with Gasteiger partial charge in [-0.2, -0.15) is 5.10 Å². The minimum Gasteiger partial charge on any atom is -0.456 e. The minimum atomic E-state index is 0.311. The molecule has 2 aliphatic rings. The largest absolute Gasteiger partial charge is 0.456 e. The Balaban J connectivity index is 1.32. The molecule has 6 heteroatoms. The van der Waals surface area contributed by atoms with E-state index in [1.54, 1.807) is 6.33 Å². The van der Waals surface area contributed by atoms with Gasteiger partial charge in [0, 0.05) is 26.2 Å². The van der Waals surface area contributed by atoms with Gasteiger partial charge in [-0.05, 0) is 43.1 Å². The summed E-state index contributed by atoms with van der Waals surface area (Å²) < 4.78 is 8.20. The molecule has 1 fully saturated rings. The molecule has 27 heavy (non-hydrogen) atoms. The van der Waals surface area contributed by atoms with Crippen LogP contribution in [0.4, 0.5) is 0 Å². The van der Waals surface area contributed by atoms with Crippen LogP contribution in [0, 0.1) is 0 Å². The number of hydrogen-bond acceptors (Lipinski definition) is 5. The van der Waals surface area contributed by atoms with Crippen LogP contribution >= 0.6 is 0 Å². The fourth-order valence-corrected chi connectivity index (χ4v) is 4.21. The van der Waals surface area contributed by atoms with Gasteiger partial charge in [0.1, 0.15) is 12.1 Å². The van der Waals surface area contributed by atoms with Gasteiger partial charge in [0.25, 0.3) is 0 Å². The summed E-state index contributed by atoms with van der Waals surface area (Å²) in [5.74, 6) is 2.64. The summed E-state index contributed by atoms with van der Waals surface area (Å²) in [4.78, 5) is 9.31. The molecular formula is C21H25N5O. The lowest BCUT2D eigenvalue weighted by molar-refractivity contribution is 0.140. The highest BCUT2D eigenvalue weighted by Gasteiger charge is 2.26. The maximum Gasteiger partial charge on any atom is 0.194 e. The van der Waals surface area contributed by atoms with E-state index in [1.165, 1.54) is 11.1 Å². The Bertz CT molecular complexity index is 897. The maximum absolute atomic E-state index is 6.16. The van der Waals surface area contributed by atoms with E-state index in [9.17, 15) is 0 Å². The van der Waals surface area contributed by atoms with Crippen LogP contribution in [-0.4, -0.2) is 57.8 Å². The third-order valence-corrected chi connectivity index (χ3v) is 5.81. The van der Waals surface area contributed by atoms with Crippen molar-refractivity contribution >= 4 is 0 Å². The van der Waals surface area contributed by atoms with E-state index in [-0.39, 0.29) is 0 Å². The second-order valence-electron chi connectivity index (χ2n) is 7.70. The second kappa shape index (κ2) is 6.94. The topological polar surface area (TPSA) is 50.3 Å². The van der Waals surface area contributed by atoms with E-state index in [2.05, 4.69) is 57.3 Å². The smallest absolute Gasteiger partial charge is 0.194 e. The first kappa shape index (κ1) is 16.7. The normalized spacial score (nSPS) is 18.9. The standard InChI is InChI=1S/C21H25N5O/c1-24-8-10-25(11-9-24)14-19-6-7-20(27-19)21-22-15-23-26(21)18-12-16-4-2-3-5-17(16)13-18/h2-7,15,18H,8-14H2,1H3. The predicted molar refractivity (Wildman–Crippen MR) is 103 cm³/mol. The summed E-state index contributed by atoms with van der Waals surface area (Å²) in [5.41, 5.74) is 2.83. The Morgan fingerprint density at radius 3 is 2.48 bits per heavy atom. The van der Waals surface area contributed by atoms with E-state index in [0.29, 0.717) is 6.04 Å². The van der Waals surface area contributed by atoms with Gasteiger partial charge in [-0.1, -0.05) is 24.3 Å². The molecule has 0 saturated carbocycles. The molecule has 0 spiro atoms. The number of piperazine rings is 1. The SMILES string of the molecule is CN1CCN(Cc2ccc(-c3ncnn3C3Cc4ccccc4C3)o2)CC1. The highest BCUT2D eigenvalue weighted by Crippen LogP contribution is 2.32. The van der Waals surface area contributed by atoms with Gasteiger partial charge in [0.2, 0.25) is 0 Å². The molecule has 2 aromatic heterocycles. The fraction of sp³-hybridized carbons (Fsp3) is 0.429. The van der Waals surface area contributed by atoms with Crippen molar-refractivity contribution in [3.05, 3.63) is 59.6 Å². The number of fused-ring (bicyclic) bond motifs is 1. The lowest BCUT2D eigenvalue weighted by atomic mass is 10.1. The fourth-order valence-electron chi connectivity index (χ4n) is 4.21. The summed E-state index contributed by atoms with van der Waals surface area (Å²) >= 11 is 0. The number of rotatable bonds is 4. The molecule has 0 amide bonds. The molecule has 1 aliphatic heterocycles. The van der Waals surface area contributed by atoms with E-state index < -0.39 is 0 Å². The number of benzene rings is 1. The van der Waals surface area contributed by atoms with Crippen LogP contribution in [0.25, 0.3) is 11.6 Å². The molecule has 1 aliphatic carbocycles. The van der Waals surface area contributed by atoms with Gasteiger partial charge in [-0.25, -0.2) is 9.67 Å². The van der Waals surface area contributed by atoms with E-state index in [4.69, 9.17) is 4.42 Å². The Morgan fingerprint density at radius 1 is 1.00 bits per heavy atom. The average Bonchev–Trinajstić information content (AvgIpc) is 3.41. The second-order valence-corrected chi connectivity index (χ2v) is 7.70. The molecule has 0 radical (unpaired) electrons. The van der Waals surface area contributed by atoms with E-state index >= 15 is 0 Å². The number of hydrogen-bond donors (Lipinski definition) is 0. The third kappa shape index (κ3) is 3.31. The van der Waals surface area contributed by atoms with Crippen LogP contribution in [-0.2, 0) is 19.4 Å². The molecule has 0 unspecified atom stereocenters. The van der Waals surface area contributed by atoms with E-state index in [1.807, 2.05) is 10.7 Å². The average molecular weight is 363 g/mol. The van der Waals surface area contributed by atoms with Crippen LogP contribution in [0.1, 0.15) is 22.9 Å². The number of furan rings is 1. The van der Waals surface area contributed by atoms with Crippen molar-refractivity contribution in [2.24, 2.45) is 0 Å². The monoisotopic (exact) mass is 363 g/mol. The summed E-state index contributed by atoms with van der Waals surface area (Å²) in [6.45, 7) is 5.26. The molecule has 1 saturated heterocycles. The van der Waals surface area contributed by atoms with Crippen molar-refractivity contribution in [1.29, 1.82) is 0 Å². The van der Waals surface area contributed by atoms with Crippen molar-refractivity contribution in [3.63, 3.8) is 0 Å². The van der Waals surface area contributed by atoms with Crippen molar-refractivity contribution < 1.29 is 4.42 Å². The Kier molecular flexibility index (Phi) is 4.30. The van der Waals surface area contributed by atoms with Crippen molar-refractivity contribution in [1.82, 2.24) is 24.6 Å². The molecule has 3 aromatic rings. The van der Waals surface area contributed by atoms with Gasteiger partial charge in [0.05, 0.1) is 12.6 Å². The third-order valence-electron chi connectivity index (χ3n) is 5.81. The van der Waals surface area contributed by atoms with Crippen LogP contribution < -0.4 is 0 Å². The maximum atomic E-state index is 6.16. The van der Waals surface area contributed by atoms with Crippen LogP contribution in [0.3, 0.4) is 0 Å². The first-order valence-electron chi connectivity index (χ1n) is 9.72. The summed E-state index contributed by atoms with van der Waals surface area (Å²) in [6, 6.07) is 13.1. The molecule has 0 N–H and O–H groups in total. The van der Waals surface area contributed by atoms with Crippen molar-refractivity contribution in [3.8, 4) is 11.6 Å².